The third kappa shape index (κ3) is 4.53. The van der Waals surface area contributed by atoms with Gasteiger partial charge in [-0.05, 0) is 29.7 Å². The number of primary amides is 1. The maximum Gasteiger partial charge on any atom is 0.218 e. The summed E-state index contributed by atoms with van der Waals surface area (Å²) in [7, 11) is 2.31. The molecule has 2 aromatic rings. The SMILES string of the molecule is CCc1ccccc1C1(CC(N)=O)CC[N+](C)(Cc2ccc(Cl)cc2)CC1. The number of piperidine rings is 1. The molecule has 0 atom stereocenters. The van der Waals surface area contributed by atoms with Crippen LogP contribution in [0.1, 0.15) is 42.9 Å². The number of benzene rings is 2. The lowest BCUT2D eigenvalue weighted by Gasteiger charge is -2.47. The summed E-state index contributed by atoms with van der Waals surface area (Å²) >= 11 is 6.02. The highest BCUT2D eigenvalue weighted by molar-refractivity contribution is 6.30. The molecule has 0 unspecified atom stereocenters. The number of rotatable bonds is 6. The number of nitrogens with zero attached hydrogens (tertiary/aromatic N) is 1. The van der Waals surface area contributed by atoms with Crippen molar-refractivity contribution in [3.8, 4) is 0 Å². The number of hydrogen-bond donors (Lipinski definition) is 1. The van der Waals surface area contributed by atoms with Crippen molar-refractivity contribution >= 4 is 17.5 Å². The molecule has 1 saturated heterocycles. The summed E-state index contributed by atoms with van der Waals surface area (Å²) in [5.74, 6) is -0.199. The van der Waals surface area contributed by atoms with E-state index in [0.717, 1.165) is 48.4 Å². The molecule has 2 aromatic carbocycles. The molecule has 1 aliphatic heterocycles. The Bertz CT molecular complexity index is 792. The lowest BCUT2D eigenvalue weighted by atomic mass is 9.68. The van der Waals surface area contributed by atoms with Gasteiger partial charge in [0.15, 0.2) is 0 Å². The minimum Gasteiger partial charge on any atom is -0.370 e. The first-order chi connectivity index (χ1) is 12.9. The van der Waals surface area contributed by atoms with Gasteiger partial charge in [-0.3, -0.25) is 4.79 Å². The maximum atomic E-state index is 11.9. The van der Waals surface area contributed by atoms with Crippen LogP contribution in [0.2, 0.25) is 5.02 Å². The minimum atomic E-state index is -0.199. The number of hydrogen-bond acceptors (Lipinski definition) is 1. The topological polar surface area (TPSA) is 43.1 Å². The van der Waals surface area contributed by atoms with Crippen LogP contribution >= 0.6 is 11.6 Å². The van der Waals surface area contributed by atoms with Crippen LogP contribution in [0.4, 0.5) is 0 Å². The van der Waals surface area contributed by atoms with Gasteiger partial charge in [0.2, 0.25) is 5.91 Å². The number of amides is 1. The third-order valence-electron chi connectivity index (χ3n) is 6.22. The fourth-order valence-corrected chi connectivity index (χ4v) is 4.74. The van der Waals surface area contributed by atoms with Gasteiger partial charge in [-0.15, -0.1) is 0 Å². The van der Waals surface area contributed by atoms with Gasteiger partial charge in [0.25, 0.3) is 0 Å². The quantitative estimate of drug-likeness (QED) is 0.733. The van der Waals surface area contributed by atoms with Gasteiger partial charge in [-0.1, -0.05) is 54.9 Å². The first-order valence-corrected chi connectivity index (χ1v) is 10.2. The molecular formula is C23H30ClN2O+. The molecule has 27 heavy (non-hydrogen) atoms. The Hall–Kier alpha value is -1.84. The van der Waals surface area contributed by atoms with Crippen molar-refractivity contribution in [3.05, 3.63) is 70.2 Å². The number of aryl methyl sites for hydroxylation is 1. The molecule has 0 aliphatic carbocycles. The highest BCUT2D eigenvalue weighted by Gasteiger charge is 2.43. The molecule has 3 rings (SSSR count). The molecule has 0 aromatic heterocycles. The number of nitrogens with two attached hydrogens (primary N) is 1. The predicted molar refractivity (Wildman–Crippen MR) is 112 cm³/mol. The fraction of sp³-hybridized carbons (Fsp3) is 0.435. The predicted octanol–water partition coefficient (Wildman–Crippen LogP) is 4.46. The Labute approximate surface area is 167 Å². The van der Waals surface area contributed by atoms with Crippen LogP contribution in [0.5, 0.6) is 0 Å². The summed E-state index contributed by atoms with van der Waals surface area (Å²) in [5.41, 5.74) is 9.52. The van der Waals surface area contributed by atoms with E-state index in [1.165, 1.54) is 16.7 Å². The van der Waals surface area contributed by atoms with Crippen LogP contribution in [-0.4, -0.2) is 30.5 Å². The largest absolute Gasteiger partial charge is 0.370 e. The second kappa shape index (κ2) is 8.04. The molecule has 1 amide bonds. The van der Waals surface area contributed by atoms with Gasteiger partial charge in [0.1, 0.15) is 6.54 Å². The number of carbonyl (C=O) groups is 1. The molecule has 2 N–H and O–H groups in total. The molecule has 1 aliphatic rings. The molecule has 144 valence electrons. The van der Waals surface area contributed by atoms with Crippen LogP contribution in [0.3, 0.4) is 0 Å². The Balaban J connectivity index is 1.83. The average Bonchev–Trinajstić information content (AvgIpc) is 2.65. The summed E-state index contributed by atoms with van der Waals surface area (Å²) < 4.78 is 0.983. The highest BCUT2D eigenvalue weighted by atomic mass is 35.5. The molecule has 4 heteroatoms. The van der Waals surface area contributed by atoms with Crippen LogP contribution in [-0.2, 0) is 23.2 Å². The first-order valence-electron chi connectivity index (χ1n) is 9.80. The zero-order valence-electron chi connectivity index (χ0n) is 16.4. The van der Waals surface area contributed by atoms with Crippen molar-refractivity contribution in [1.29, 1.82) is 0 Å². The average molecular weight is 386 g/mol. The second-order valence-electron chi connectivity index (χ2n) is 8.29. The third-order valence-corrected chi connectivity index (χ3v) is 6.47. The van der Waals surface area contributed by atoms with Gasteiger partial charge in [-0.25, -0.2) is 0 Å². The monoisotopic (exact) mass is 385 g/mol. The summed E-state index contributed by atoms with van der Waals surface area (Å²) in [6.07, 6.45) is 3.38. The van der Waals surface area contributed by atoms with Crippen LogP contribution < -0.4 is 5.73 Å². The van der Waals surface area contributed by atoms with Gasteiger partial charge < -0.3 is 10.2 Å². The summed E-state index contributed by atoms with van der Waals surface area (Å²) in [6.45, 7) is 5.24. The van der Waals surface area contributed by atoms with Crippen LogP contribution in [0.25, 0.3) is 0 Å². The van der Waals surface area contributed by atoms with E-state index in [1.807, 2.05) is 12.1 Å². The van der Waals surface area contributed by atoms with E-state index < -0.39 is 0 Å². The van der Waals surface area contributed by atoms with Crippen molar-refractivity contribution in [2.45, 2.75) is 44.6 Å². The van der Waals surface area contributed by atoms with E-state index in [-0.39, 0.29) is 11.3 Å². The molecule has 1 heterocycles. The molecule has 3 nitrogen and oxygen atoms in total. The number of likely N-dealkylation sites (tertiary alicyclic amines) is 1. The lowest BCUT2D eigenvalue weighted by Crippen LogP contribution is -2.54. The van der Waals surface area contributed by atoms with E-state index >= 15 is 0 Å². The number of carbonyl (C=O) groups excluding carboxylic acids is 1. The minimum absolute atomic E-state index is 0.129. The Morgan fingerprint density at radius 3 is 2.33 bits per heavy atom. The van der Waals surface area contributed by atoms with Crippen molar-refractivity contribution in [2.75, 3.05) is 20.1 Å². The van der Waals surface area contributed by atoms with Gasteiger partial charge in [-0.2, -0.15) is 0 Å². The summed E-state index contributed by atoms with van der Waals surface area (Å²) in [6, 6.07) is 16.7. The molecule has 0 radical (unpaired) electrons. The molecule has 0 spiro atoms. The van der Waals surface area contributed by atoms with Crippen LogP contribution in [0.15, 0.2) is 48.5 Å². The Kier molecular flexibility index (Phi) is 5.92. The fourth-order valence-electron chi connectivity index (χ4n) is 4.61. The van der Waals surface area contributed by atoms with E-state index in [9.17, 15) is 4.79 Å². The van der Waals surface area contributed by atoms with E-state index in [1.54, 1.807) is 0 Å². The van der Waals surface area contributed by atoms with Gasteiger partial charge in [0.05, 0.1) is 20.1 Å². The Morgan fingerprint density at radius 2 is 1.74 bits per heavy atom. The molecular weight excluding hydrogens is 356 g/mol. The number of halogens is 1. The summed E-state index contributed by atoms with van der Waals surface area (Å²) in [5, 5.41) is 0.775. The van der Waals surface area contributed by atoms with Crippen molar-refractivity contribution in [2.24, 2.45) is 5.73 Å². The zero-order chi connectivity index (χ0) is 19.5. The van der Waals surface area contributed by atoms with Crippen molar-refractivity contribution in [1.82, 2.24) is 0 Å². The molecule has 0 bridgehead atoms. The maximum absolute atomic E-state index is 11.9. The van der Waals surface area contributed by atoms with E-state index in [2.05, 4.69) is 50.4 Å². The Morgan fingerprint density at radius 1 is 1.11 bits per heavy atom. The molecule has 0 saturated carbocycles. The molecule has 1 fully saturated rings. The van der Waals surface area contributed by atoms with Crippen molar-refractivity contribution < 1.29 is 9.28 Å². The van der Waals surface area contributed by atoms with E-state index in [4.69, 9.17) is 17.3 Å². The lowest BCUT2D eigenvalue weighted by molar-refractivity contribution is -0.928. The first kappa shape index (κ1) is 19.9. The standard InChI is InChI=1S/C23H29ClN2O/c1-3-19-6-4-5-7-21(19)23(16-22(25)27)12-14-26(2,15-13-23)17-18-8-10-20(24)11-9-18/h4-11H,3,12-17H2,1-2H3,(H-,25,27)/p+1. The van der Waals surface area contributed by atoms with E-state index in [0.29, 0.717) is 6.42 Å². The van der Waals surface area contributed by atoms with Gasteiger partial charge >= 0.3 is 0 Å². The normalized spacial score (nSPS) is 25.3. The smallest absolute Gasteiger partial charge is 0.218 e. The second-order valence-corrected chi connectivity index (χ2v) is 8.72. The zero-order valence-corrected chi connectivity index (χ0v) is 17.1. The highest BCUT2D eigenvalue weighted by Crippen LogP contribution is 2.42. The summed E-state index contributed by atoms with van der Waals surface area (Å²) in [4.78, 5) is 11.9. The van der Waals surface area contributed by atoms with Crippen molar-refractivity contribution in [3.63, 3.8) is 0 Å². The van der Waals surface area contributed by atoms with Crippen LogP contribution in [0, 0.1) is 0 Å². The number of quaternary nitrogens is 1. The van der Waals surface area contributed by atoms with Gasteiger partial charge in [0, 0.05) is 35.3 Å².